The van der Waals surface area contributed by atoms with Crippen LogP contribution >= 0.6 is 0 Å². The highest BCUT2D eigenvalue weighted by atomic mass is 16.5. The number of hydrogen-bond donors (Lipinski definition) is 1. The zero-order valence-corrected chi connectivity index (χ0v) is 8.64. The molecule has 80 valence electrons. The molecule has 4 heteroatoms. The summed E-state index contributed by atoms with van der Waals surface area (Å²) in [4.78, 5) is 13.5. The SMILES string of the molecule is COCCN1C(=O)[C@H](N)c2ccccc21. The summed E-state index contributed by atoms with van der Waals surface area (Å²) in [5.74, 6) is -0.0479. The highest BCUT2D eigenvalue weighted by Gasteiger charge is 2.33. The third-order valence-electron chi connectivity index (χ3n) is 2.61. The molecule has 0 radical (unpaired) electrons. The van der Waals surface area contributed by atoms with Crippen LogP contribution in [0.4, 0.5) is 5.69 Å². The number of anilines is 1. The molecule has 15 heavy (non-hydrogen) atoms. The van der Waals surface area contributed by atoms with Crippen molar-refractivity contribution in [1.29, 1.82) is 0 Å². The van der Waals surface area contributed by atoms with Crippen molar-refractivity contribution >= 4 is 11.6 Å². The van der Waals surface area contributed by atoms with E-state index in [2.05, 4.69) is 0 Å². The molecule has 1 aliphatic heterocycles. The van der Waals surface area contributed by atoms with Gasteiger partial charge in [0.1, 0.15) is 6.04 Å². The number of benzene rings is 1. The molecule has 2 N–H and O–H groups in total. The number of carbonyl (C=O) groups excluding carboxylic acids is 1. The van der Waals surface area contributed by atoms with E-state index in [0.29, 0.717) is 13.2 Å². The van der Waals surface area contributed by atoms with Gasteiger partial charge < -0.3 is 15.4 Å². The van der Waals surface area contributed by atoms with Crippen LogP contribution in [-0.4, -0.2) is 26.2 Å². The Morgan fingerprint density at radius 2 is 2.20 bits per heavy atom. The van der Waals surface area contributed by atoms with E-state index in [9.17, 15) is 4.79 Å². The second kappa shape index (κ2) is 4.00. The van der Waals surface area contributed by atoms with E-state index in [0.717, 1.165) is 11.3 Å². The first-order chi connectivity index (χ1) is 7.25. The zero-order chi connectivity index (χ0) is 10.8. The summed E-state index contributed by atoms with van der Waals surface area (Å²) in [6.07, 6.45) is 0. The number of ether oxygens (including phenoxy) is 1. The van der Waals surface area contributed by atoms with E-state index in [-0.39, 0.29) is 5.91 Å². The highest BCUT2D eigenvalue weighted by Crippen LogP contribution is 2.33. The summed E-state index contributed by atoms with van der Waals surface area (Å²) < 4.78 is 4.97. The summed E-state index contributed by atoms with van der Waals surface area (Å²) in [6, 6.07) is 7.09. The van der Waals surface area contributed by atoms with E-state index in [1.807, 2.05) is 24.3 Å². The van der Waals surface area contributed by atoms with Crippen molar-refractivity contribution in [3.8, 4) is 0 Å². The third kappa shape index (κ3) is 1.62. The van der Waals surface area contributed by atoms with E-state index in [4.69, 9.17) is 10.5 Å². The molecular weight excluding hydrogens is 192 g/mol. The van der Waals surface area contributed by atoms with Crippen molar-refractivity contribution in [3.63, 3.8) is 0 Å². The molecule has 0 unspecified atom stereocenters. The summed E-state index contributed by atoms with van der Waals surface area (Å²) >= 11 is 0. The van der Waals surface area contributed by atoms with Crippen molar-refractivity contribution in [2.75, 3.05) is 25.2 Å². The standard InChI is InChI=1S/C11H14N2O2/c1-15-7-6-13-9-5-3-2-4-8(9)10(12)11(13)14/h2-5,10H,6-7,12H2,1H3/t10-/m1/s1. The molecule has 1 aliphatic rings. The fourth-order valence-electron chi connectivity index (χ4n) is 1.83. The first-order valence-electron chi connectivity index (χ1n) is 4.90. The minimum Gasteiger partial charge on any atom is -0.383 e. The van der Waals surface area contributed by atoms with Gasteiger partial charge in [0, 0.05) is 24.9 Å². The Kier molecular flexibility index (Phi) is 2.70. The maximum absolute atomic E-state index is 11.8. The zero-order valence-electron chi connectivity index (χ0n) is 8.64. The molecule has 2 rings (SSSR count). The molecule has 1 atom stereocenters. The minimum atomic E-state index is -0.516. The van der Waals surface area contributed by atoms with Crippen molar-refractivity contribution in [1.82, 2.24) is 0 Å². The maximum atomic E-state index is 11.8. The van der Waals surface area contributed by atoms with Crippen LogP contribution in [0.3, 0.4) is 0 Å². The second-order valence-corrected chi connectivity index (χ2v) is 3.52. The second-order valence-electron chi connectivity index (χ2n) is 3.52. The Labute approximate surface area is 88.6 Å². The van der Waals surface area contributed by atoms with Gasteiger partial charge in [-0.25, -0.2) is 0 Å². The number of nitrogens with zero attached hydrogens (tertiary/aromatic N) is 1. The first-order valence-corrected chi connectivity index (χ1v) is 4.90. The van der Waals surface area contributed by atoms with E-state index < -0.39 is 6.04 Å². The smallest absolute Gasteiger partial charge is 0.248 e. The Morgan fingerprint density at radius 1 is 1.47 bits per heavy atom. The summed E-state index contributed by atoms with van der Waals surface area (Å²) in [5.41, 5.74) is 7.63. The lowest BCUT2D eigenvalue weighted by Gasteiger charge is -2.16. The van der Waals surface area contributed by atoms with Crippen LogP contribution in [0.2, 0.25) is 0 Å². The lowest BCUT2D eigenvalue weighted by Crippen LogP contribution is -2.34. The monoisotopic (exact) mass is 206 g/mol. The quantitative estimate of drug-likeness (QED) is 0.791. The maximum Gasteiger partial charge on any atom is 0.248 e. The fourth-order valence-corrected chi connectivity index (χ4v) is 1.83. The van der Waals surface area contributed by atoms with Gasteiger partial charge in [0.2, 0.25) is 5.91 Å². The van der Waals surface area contributed by atoms with Crippen molar-refractivity contribution in [2.24, 2.45) is 5.73 Å². The largest absolute Gasteiger partial charge is 0.383 e. The molecule has 1 amide bonds. The molecule has 0 saturated heterocycles. The lowest BCUT2D eigenvalue weighted by atomic mass is 10.1. The molecule has 0 spiro atoms. The molecule has 1 heterocycles. The minimum absolute atomic E-state index is 0.0479. The number of hydrogen-bond acceptors (Lipinski definition) is 3. The Morgan fingerprint density at radius 3 is 2.93 bits per heavy atom. The fraction of sp³-hybridized carbons (Fsp3) is 0.364. The van der Waals surface area contributed by atoms with Gasteiger partial charge in [0.15, 0.2) is 0 Å². The number of nitrogens with two attached hydrogens (primary N) is 1. The van der Waals surface area contributed by atoms with Crippen LogP contribution in [0, 0.1) is 0 Å². The Hall–Kier alpha value is -1.39. The van der Waals surface area contributed by atoms with Gasteiger partial charge in [-0.3, -0.25) is 4.79 Å². The Balaban J connectivity index is 2.30. The molecule has 1 aromatic carbocycles. The van der Waals surface area contributed by atoms with Gasteiger partial charge in [-0.05, 0) is 6.07 Å². The lowest BCUT2D eigenvalue weighted by molar-refractivity contribution is -0.119. The third-order valence-corrected chi connectivity index (χ3v) is 2.61. The van der Waals surface area contributed by atoms with E-state index >= 15 is 0 Å². The van der Waals surface area contributed by atoms with Crippen LogP contribution in [0.15, 0.2) is 24.3 Å². The normalized spacial score (nSPS) is 19.5. The van der Waals surface area contributed by atoms with Crippen LogP contribution in [-0.2, 0) is 9.53 Å². The van der Waals surface area contributed by atoms with Crippen LogP contribution < -0.4 is 10.6 Å². The number of amides is 1. The molecular formula is C11H14N2O2. The summed E-state index contributed by atoms with van der Waals surface area (Å²) in [5, 5.41) is 0. The molecule has 0 fully saturated rings. The number of rotatable bonds is 3. The summed E-state index contributed by atoms with van der Waals surface area (Å²) in [7, 11) is 1.62. The van der Waals surface area contributed by atoms with Crippen LogP contribution in [0.25, 0.3) is 0 Å². The average Bonchev–Trinajstić information content (AvgIpc) is 2.51. The topological polar surface area (TPSA) is 55.6 Å². The summed E-state index contributed by atoms with van der Waals surface area (Å²) in [6.45, 7) is 1.08. The molecule has 0 aromatic heterocycles. The van der Waals surface area contributed by atoms with E-state index in [1.54, 1.807) is 12.0 Å². The number of methoxy groups -OCH3 is 1. The molecule has 1 aromatic rings. The van der Waals surface area contributed by atoms with Crippen LogP contribution in [0.5, 0.6) is 0 Å². The number of carbonyl (C=O) groups is 1. The van der Waals surface area contributed by atoms with Gasteiger partial charge in [-0.1, -0.05) is 18.2 Å². The predicted octanol–water partition coefficient (Wildman–Crippen LogP) is 0.679. The van der Waals surface area contributed by atoms with Gasteiger partial charge in [-0.15, -0.1) is 0 Å². The molecule has 4 nitrogen and oxygen atoms in total. The van der Waals surface area contributed by atoms with E-state index in [1.165, 1.54) is 0 Å². The van der Waals surface area contributed by atoms with Gasteiger partial charge in [0.25, 0.3) is 0 Å². The van der Waals surface area contributed by atoms with Crippen LogP contribution in [0.1, 0.15) is 11.6 Å². The number of fused-ring (bicyclic) bond motifs is 1. The van der Waals surface area contributed by atoms with Crippen molar-refractivity contribution in [2.45, 2.75) is 6.04 Å². The molecule has 0 aliphatic carbocycles. The van der Waals surface area contributed by atoms with Crippen molar-refractivity contribution in [3.05, 3.63) is 29.8 Å². The van der Waals surface area contributed by atoms with Crippen molar-refractivity contribution < 1.29 is 9.53 Å². The highest BCUT2D eigenvalue weighted by molar-refractivity contribution is 6.04. The van der Waals surface area contributed by atoms with Gasteiger partial charge in [-0.2, -0.15) is 0 Å². The molecule has 0 bridgehead atoms. The van der Waals surface area contributed by atoms with Gasteiger partial charge in [0.05, 0.1) is 6.61 Å². The first kappa shape index (κ1) is 10.1. The molecule has 0 saturated carbocycles. The number of para-hydroxylation sites is 1. The average molecular weight is 206 g/mol. The predicted molar refractivity (Wildman–Crippen MR) is 57.6 cm³/mol. The van der Waals surface area contributed by atoms with Gasteiger partial charge >= 0.3 is 0 Å². The Bertz CT molecular complexity index is 379.